The number of carbonyl (C=O) groups is 1. The smallest absolute Gasteiger partial charge is 0.245 e. The lowest BCUT2D eigenvalue weighted by molar-refractivity contribution is -0.132. The molecule has 2 aromatic rings. The first kappa shape index (κ1) is 19.4. The van der Waals surface area contributed by atoms with Gasteiger partial charge in [0.15, 0.2) is 0 Å². The fraction of sp³-hybridized carbons (Fsp3) is 0.350. The van der Waals surface area contributed by atoms with Crippen molar-refractivity contribution in [2.45, 2.75) is 30.7 Å². The van der Waals surface area contributed by atoms with Gasteiger partial charge in [-0.15, -0.1) is 0 Å². The number of benzene rings is 2. The Morgan fingerprint density at radius 3 is 2.37 bits per heavy atom. The third kappa shape index (κ3) is 4.31. The molecule has 0 spiro atoms. The number of methoxy groups -OCH3 is 1. The van der Waals surface area contributed by atoms with Gasteiger partial charge in [-0.05, 0) is 49.1 Å². The average molecular weight is 388 g/mol. The van der Waals surface area contributed by atoms with Gasteiger partial charge in [-0.3, -0.25) is 4.79 Å². The van der Waals surface area contributed by atoms with Crippen LogP contribution >= 0.6 is 0 Å². The molecule has 1 aliphatic rings. The van der Waals surface area contributed by atoms with Gasteiger partial charge in [-0.2, -0.15) is 4.72 Å². The summed E-state index contributed by atoms with van der Waals surface area (Å²) in [6.07, 6.45) is 1.88. The second-order valence-electron chi connectivity index (χ2n) is 6.63. The van der Waals surface area contributed by atoms with Gasteiger partial charge < -0.3 is 9.64 Å². The number of carbonyl (C=O) groups excluding carboxylic acids is 1. The van der Waals surface area contributed by atoms with Crippen molar-refractivity contribution in [3.05, 3.63) is 59.7 Å². The van der Waals surface area contributed by atoms with E-state index in [9.17, 15) is 13.2 Å². The van der Waals surface area contributed by atoms with Gasteiger partial charge in [0.25, 0.3) is 0 Å². The standard InChI is InChI=1S/C20H24N2O4S/c1-15-14-17(10-11-18(15)26-2)27(24,25)21-19(16-8-4-3-5-9-16)20(23)22-12-6-7-13-22/h3-5,8-11,14,19,21H,6-7,12-13H2,1-2H3/t19-/m0/s1. The number of sulfonamides is 1. The SMILES string of the molecule is COc1ccc(S(=O)(=O)N[C@H](C(=O)N2CCCC2)c2ccccc2)cc1C. The molecular formula is C20H24N2O4S. The van der Waals surface area contributed by atoms with Crippen molar-refractivity contribution in [1.82, 2.24) is 9.62 Å². The van der Waals surface area contributed by atoms with E-state index < -0.39 is 16.1 Å². The molecule has 2 aromatic carbocycles. The quantitative estimate of drug-likeness (QED) is 0.825. The van der Waals surface area contributed by atoms with Crippen LogP contribution in [0.1, 0.15) is 30.0 Å². The fourth-order valence-corrected chi connectivity index (χ4v) is 4.53. The third-order valence-corrected chi connectivity index (χ3v) is 6.17. The maximum atomic E-state index is 13.0. The van der Waals surface area contributed by atoms with Gasteiger partial charge in [-0.1, -0.05) is 30.3 Å². The molecule has 7 heteroatoms. The molecule has 1 atom stereocenters. The zero-order chi connectivity index (χ0) is 19.4. The predicted molar refractivity (Wildman–Crippen MR) is 103 cm³/mol. The Kier molecular flexibility index (Phi) is 5.82. The summed E-state index contributed by atoms with van der Waals surface area (Å²) in [6, 6.07) is 12.7. The lowest BCUT2D eigenvalue weighted by Gasteiger charge is -2.24. The van der Waals surface area contributed by atoms with Crippen LogP contribution in [0.2, 0.25) is 0 Å². The third-order valence-electron chi connectivity index (χ3n) is 4.75. The molecule has 0 aliphatic carbocycles. The van der Waals surface area contributed by atoms with Crippen molar-refractivity contribution in [3.8, 4) is 5.75 Å². The molecular weight excluding hydrogens is 364 g/mol. The fourth-order valence-electron chi connectivity index (χ4n) is 3.27. The number of ether oxygens (including phenoxy) is 1. The van der Waals surface area contributed by atoms with Crippen molar-refractivity contribution in [1.29, 1.82) is 0 Å². The van der Waals surface area contributed by atoms with E-state index in [2.05, 4.69) is 4.72 Å². The van der Waals surface area contributed by atoms with Crippen molar-refractivity contribution in [3.63, 3.8) is 0 Å². The van der Waals surface area contributed by atoms with Crippen LogP contribution < -0.4 is 9.46 Å². The van der Waals surface area contributed by atoms with E-state index in [1.807, 2.05) is 6.07 Å². The van der Waals surface area contributed by atoms with E-state index >= 15 is 0 Å². The number of likely N-dealkylation sites (tertiary alicyclic amines) is 1. The summed E-state index contributed by atoms with van der Waals surface area (Å²) >= 11 is 0. The highest BCUT2D eigenvalue weighted by Crippen LogP contribution is 2.25. The van der Waals surface area contributed by atoms with Crippen molar-refractivity contribution >= 4 is 15.9 Å². The van der Waals surface area contributed by atoms with Crippen LogP contribution in [0.15, 0.2) is 53.4 Å². The first-order chi connectivity index (χ1) is 12.9. The molecule has 1 aliphatic heterocycles. The summed E-state index contributed by atoms with van der Waals surface area (Å²) in [4.78, 5) is 14.8. The average Bonchev–Trinajstić information content (AvgIpc) is 3.21. The molecule has 6 nitrogen and oxygen atoms in total. The number of rotatable bonds is 6. The summed E-state index contributed by atoms with van der Waals surface area (Å²) in [5.41, 5.74) is 1.34. The van der Waals surface area contributed by atoms with Crippen LogP contribution in [0.5, 0.6) is 5.75 Å². The normalized spacial score (nSPS) is 15.6. The van der Waals surface area contributed by atoms with E-state index in [-0.39, 0.29) is 10.8 Å². The minimum Gasteiger partial charge on any atom is -0.496 e. The van der Waals surface area contributed by atoms with Crippen LogP contribution in [0.25, 0.3) is 0 Å². The highest BCUT2D eigenvalue weighted by atomic mass is 32.2. The Morgan fingerprint density at radius 2 is 1.78 bits per heavy atom. The lowest BCUT2D eigenvalue weighted by Crippen LogP contribution is -2.41. The highest BCUT2D eigenvalue weighted by molar-refractivity contribution is 7.89. The molecule has 0 radical (unpaired) electrons. The minimum atomic E-state index is -3.88. The molecule has 1 saturated heterocycles. The number of nitrogens with one attached hydrogen (secondary N) is 1. The van der Waals surface area contributed by atoms with Crippen LogP contribution in [0, 0.1) is 6.92 Å². The largest absolute Gasteiger partial charge is 0.496 e. The molecule has 1 N–H and O–H groups in total. The maximum absolute atomic E-state index is 13.0. The molecule has 1 amide bonds. The van der Waals surface area contributed by atoms with E-state index in [1.165, 1.54) is 13.2 Å². The topological polar surface area (TPSA) is 75.7 Å². The summed E-state index contributed by atoms with van der Waals surface area (Å²) in [5, 5.41) is 0. The Labute approximate surface area is 160 Å². The Morgan fingerprint density at radius 1 is 1.11 bits per heavy atom. The summed E-state index contributed by atoms with van der Waals surface area (Å²) in [6.45, 7) is 3.10. The van der Waals surface area contributed by atoms with E-state index in [4.69, 9.17) is 4.74 Å². The van der Waals surface area contributed by atoms with Gasteiger partial charge in [0.2, 0.25) is 15.9 Å². The van der Waals surface area contributed by atoms with Gasteiger partial charge in [0, 0.05) is 13.1 Å². The van der Waals surface area contributed by atoms with Crippen LogP contribution in [0.4, 0.5) is 0 Å². The summed E-state index contributed by atoms with van der Waals surface area (Å²) < 4.78 is 33.7. The molecule has 0 bridgehead atoms. The van der Waals surface area contributed by atoms with Gasteiger partial charge in [0.05, 0.1) is 12.0 Å². The number of nitrogens with zero attached hydrogens (tertiary/aromatic N) is 1. The molecule has 3 rings (SSSR count). The first-order valence-corrected chi connectivity index (χ1v) is 10.4. The van der Waals surface area contributed by atoms with Crippen LogP contribution in [0.3, 0.4) is 0 Å². The zero-order valence-corrected chi connectivity index (χ0v) is 16.3. The minimum absolute atomic E-state index is 0.107. The monoisotopic (exact) mass is 388 g/mol. The second kappa shape index (κ2) is 8.10. The molecule has 1 heterocycles. The van der Waals surface area contributed by atoms with Gasteiger partial charge in [0.1, 0.15) is 11.8 Å². The second-order valence-corrected chi connectivity index (χ2v) is 8.34. The van der Waals surface area contributed by atoms with Gasteiger partial charge >= 0.3 is 0 Å². The number of aryl methyl sites for hydroxylation is 1. The molecule has 1 fully saturated rings. The molecule has 144 valence electrons. The molecule has 0 aromatic heterocycles. The molecule has 0 saturated carbocycles. The Balaban J connectivity index is 1.93. The zero-order valence-electron chi connectivity index (χ0n) is 15.5. The van der Waals surface area contributed by atoms with Crippen molar-refractivity contribution in [2.24, 2.45) is 0 Å². The highest BCUT2D eigenvalue weighted by Gasteiger charge is 2.31. The van der Waals surface area contributed by atoms with Crippen LogP contribution in [-0.2, 0) is 14.8 Å². The predicted octanol–water partition coefficient (Wildman–Crippen LogP) is 2.65. The molecule has 27 heavy (non-hydrogen) atoms. The summed E-state index contributed by atoms with van der Waals surface area (Å²) in [5.74, 6) is 0.397. The van der Waals surface area contributed by atoms with Crippen molar-refractivity contribution in [2.75, 3.05) is 20.2 Å². The van der Waals surface area contributed by atoms with Crippen LogP contribution in [-0.4, -0.2) is 39.4 Å². The van der Waals surface area contributed by atoms with E-state index in [0.717, 1.165) is 12.8 Å². The first-order valence-electron chi connectivity index (χ1n) is 8.93. The Bertz CT molecular complexity index is 907. The van der Waals surface area contributed by atoms with E-state index in [0.29, 0.717) is 30.0 Å². The number of amides is 1. The lowest BCUT2D eigenvalue weighted by atomic mass is 10.1. The molecule has 0 unspecified atom stereocenters. The number of hydrogen-bond donors (Lipinski definition) is 1. The van der Waals surface area contributed by atoms with Gasteiger partial charge in [-0.25, -0.2) is 8.42 Å². The number of hydrogen-bond acceptors (Lipinski definition) is 4. The summed E-state index contributed by atoms with van der Waals surface area (Å²) in [7, 11) is -2.35. The van der Waals surface area contributed by atoms with Crippen molar-refractivity contribution < 1.29 is 17.9 Å². The maximum Gasteiger partial charge on any atom is 0.245 e. The Hall–Kier alpha value is -2.38. The van der Waals surface area contributed by atoms with E-state index in [1.54, 1.807) is 48.2 Å².